The van der Waals surface area contributed by atoms with Crippen molar-refractivity contribution in [2.75, 3.05) is 19.6 Å². The van der Waals surface area contributed by atoms with Crippen LogP contribution in [0.5, 0.6) is 0 Å². The van der Waals surface area contributed by atoms with Crippen LogP contribution in [0.15, 0.2) is 53.0 Å². The number of piperidine rings is 1. The Hall–Kier alpha value is -3.41. The largest absolute Gasteiger partial charge is 0.388 e. The molecule has 1 aromatic heterocycles. The van der Waals surface area contributed by atoms with Gasteiger partial charge in [0.2, 0.25) is 0 Å². The number of pyridine rings is 1. The van der Waals surface area contributed by atoms with Gasteiger partial charge in [0.15, 0.2) is 0 Å². The molecule has 1 saturated heterocycles. The van der Waals surface area contributed by atoms with Crippen molar-refractivity contribution >= 4 is 5.91 Å². The molecule has 0 spiro atoms. The third-order valence-corrected chi connectivity index (χ3v) is 7.90. The lowest BCUT2D eigenvalue weighted by Crippen LogP contribution is -2.62. The number of benzene rings is 1. The standard InChI is InChI=1S/C27H30F3N5O3/c1-14-11-34(13-22(31)27(14,2)37)25-15-5-3-8-21(15)35(38)12-20(25)33-26(36)19-10-9-18(30)24(32-19)23-16(28)6-4-7-17(23)29/h4,6-7,9-10,14,22,37-38H,3,5,8,11-13,31H2,1-2H3,(H,33,36)/t14-,22+,27?/m0/s1. The number of hydrogen-bond acceptors (Lipinski definition) is 7. The van der Waals surface area contributed by atoms with Crippen LogP contribution in [0.4, 0.5) is 13.2 Å². The van der Waals surface area contributed by atoms with E-state index in [9.17, 15) is 28.3 Å². The number of carbonyl (C=O) groups excluding carboxylic acids is 1. The number of allylic oxidation sites excluding steroid dienone is 2. The average Bonchev–Trinajstić information content (AvgIpc) is 3.34. The van der Waals surface area contributed by atoms with Crippen molar-refractivity contribution in [1.29, 1.82) is 0 Å². The van der Waals surface area contributed by atoms with E-state index < -0.39 is 46.3 Å². The van der Waals surface area contributed by atoms with Gasteiger partial charge in [0.25, 0.3) is 5.91 Å². The van der Waals surface area contributed by atoms with Crippen LogP contribution in [0.3, 0.4) is 0 Å². The Kier molecular flexibility index (Phi) is 6.70. The van der Waals surface area contributed by atoms with Crippen molar-refractivity contribution in [3.05, 3.63) is 76.1 Å². The zero-order valence-corrected chi connectivity index (χ0v) is 21.1. The molecule has 1 fully saturated rings. The molecule has 3 aliphatic rings. The third kappa shape index (κ3) is 4.44. The first-order valence-corrected chi connectivity index (χ1v) is 12.6. The molecule has 2 aromatic rings. The van der Waals surface area contributed by atoms with Crippen LogP contribution in [0, 0.1) is 23.4 Å². The Morgan fingerprint density at radius 3 is 2.53 bits per heavy atom. The second-order valence-corrected chi connectivity index (χ2v) is 10.4. The number of hydroxylamine groups is 2. The van der Waals surface area contributed by atoms with Gasteiger partial charge >= 0.3 is 0 Å². The molecule has 1 amide bonds. The molecule has 0 bridgehead atoms. The molecule has 1 unspecified atom stereocenters. The van der Waals surface area contributed by atoms with Gasteiger partial charge in [-0.05, 0) is 56.0 Å². The van der Waals surface area contributed by atoms with E-state index in [1.807, 2.05) is 11.8 Å². The highest BCUT2D eigenvalue weighted by atomic mass is 19.1. The summed E-state index contributed by atoms with van der Waals surface area (Å²) in [6.07, 6.45) is 2.20. The van der Waals surface area contributed by atoms with Gasteiger partial charge in [-0.2, -0.15) is 0 Å². The number of nitrogens with zero attached hydrogens (tertiary/aromatic N) is 3. The van der Waals surface area contributed by atoms with E-state index in [1.54, 1.807) is 6.92 Å². The maximum atomic E-state index is 14.6. The Bertz CT molecular complexity index is 1330. The summed E-state index contributed by atoms with van der Waals surface area (Å²) < 4.78 is 43.2. The number of hydrogen-bond donors (Lipinski definition) is 4. The van der Waals surface area contributed by atoms with Crippen molar-refractivity contribution in [1.82, 2.24) is 20.3 Å². The number of aliphatic hydroxyl groups is 1. The minimum Gasteiger partial charge on any atom is -0.388 e. The van der Waals surface area contributed by atoms with Crippen LogP contribution in [0.2, 0.25) is 0 Å². The predicted molar refractivity (Wildman–Crippen MR) is 133 cm³/mol. The van der Waals surface area contributed by atoms with Gasteiger partial charge in [-0.1, -0.05) is 13.0 Å². The summed E-state index contributed by atoms with van der Waals surface area (Å²) in [7, 11) is 0. The summed E-state index contributed by atoms with van der Waals surface area (Å²) in [5, 5.41) is 25.4. The number of nitrogens with two attached hydrogens (primary N) is 1. The van der Waals surface area contributed by atoms with Crippen molar-refractivity contribution in [3.8, 4) is 11.3 Å². The number of aromatic nitrogens is 1. The van der Waals surface area contributed by atoms with E-state index in [2.05, 4.69) is 10.3 Å². The van der Waals surface area contributed by atoms with Crippen molar-refractivity contribution in [2.24, 2.45) is 11.7 Å². The first-order chi connectivity index (χ1) is 18.0. The average molecular weight is 530 g/mol. The highest BCUT2D eigenvalue weighted by Gasteiger charge is 2.44. The number of halogens is 3. The second-order valence-electron chi connectivity index (χ2n) is 10.4. The zero-order chi connectivity index (χ0) is 27.4. The molecule has 1 aliphatic carbocycles. The van der Waals surface area contributed by atoms with Gasteiger partial charge in [-0.3, -0.25) is 15.1 Å². The first kappa shape index (κ1) is 26.2. The molecule has 202 valence electrons. The molecular weight excluding hydrogens is 499 g/mol. The molecule has 5 N–H and O–H groups in total. The minimum absolute atomic E-state index is 0.0214. The monoisotopic (exact) mass is 529 g/mol. The molecule has 3 atom stereocenters. The Labute approximate surface area is 218 Å². The number of nitrogens with one attached hydrogen (secondary N) is 1. The van der Waals surface area contributed by atoms with Gasteiger partial charge in [0.05, 0.1) is 35.1 Å². The number of rotatable bonds is 4. The summed E-state index contributed by atoms with van der Waals surface area (Å²) >= 11 is 0. The number of likely N-dealkylation sites (tertiary alicyclic amines) is 1. The highest BCUT2D eigenvalue weighted by molar-refractivity contribution is 5.94. The van der Waals surface area contributed by atoms with Gasteiger partial charge in [-0.15, -0.1) is 0 Å². The van der Waals surface area contributed by atoms with Gasteiger partial charge in [0, 0.05) is 24.7 Å². The molecular formula is C27H30F3N5O3. The van der Waals surface area contributed by atoms with Gasteiger partial charge in [0.1, 0.15) is 28.8 Å². The maximum absolute atomic E-state index is 14.6. The summed E-state index contributed by atoms with van der Waals surface area (Å²) in [6.45, 7) is 4.40. The van der Waals surface area contributed by atoms with Crippen LogP contribution in [0.25, 0.3) is 11.3 Å². The molecule has 3 heterocycles. The SMILES string of the molecule is C[C@H]1CN(C2=C(NC(=O)c3ccc(F)c(-c4c(F)cccc4F)n3)CN(O)C3=C2CCC3)C[C@@H](N)C1(C)O. The Morgan fingerprint density at radius 1 is 1.13 bits per heavy atom. The minimum atomic E-state index is -1.07. The van der Waals surface area contributed by atoms with Crippen LogP contribution >= 0.6 is 0 Å². The summed E-state index contributed by atoms with van der Waals surface area (Å²) in [6, 6.07) is 4.63. The molecule has 38 heavy (non-hydrogen) atoms. The smallest absolute Gasteiger partial charge is 0.274 e. The van der Waals surface area contributed by atoms with Gasteiger partial charge < -0.3 is 21.1 Å². The highest BCUT2D eigenvalue weighted by Crippen LogP contribution is 2.41. The summed E-state index contributed by atoms with van der Waals surface area (Å²) in [4.78, 5) is 19.3. The quantitative estimate of drug-likeness (QED) is 0.481. The van der Waals surface area contributed by atoms with Crippen molar-refractivity contribution in [2.45, 2.75) is 44.8 Å². The summed E-state index contributed by atoms with van der Waals surface area (Å²) in [5.41, 5.74) is 6.51. The zero-order valence-electron chi connectivity index (χ0n) is 21.1. The summed E-state index contributed by atoms with van der Waals surface area (Å²) in [5.74, 6) is -3.89. The van der Waals surface area contributed by atoms with E-state index in [4.69, 9.17) is 5.73 Å². The lowest BCUT2D eigenvalue weighted by molar-refractivity contribution is -0.0651. The van der Waals surface area contributed by atoms with Crippen molar-refractivity contribution < 1.29 is 28.3 Å². The van der Waals surface area contributed by atoms with Crippen LogP contribution in [-0.4, -0.2) is 62.4 Å². The van der Waals surface area contributed by atoms with E-state index in [0.717, 1.165) is 58.8 Å². The topological polar surface area (TPSA) is 115 Å². The second kappa shape index (κ2) is 9.72. The fourth-order valence-corrected chi connectivity index (χ4v) is 5.48. The Morgan fingerprint density at radius 2 is 1.84 bits per heavy atom. The van der Waals surface area contributed by atoms with E-state index >= 15 is 0 Å². The van der Waals surface area contributed by atoms with Crippen LogP contribution in [0.1, 0.15) is 43.6 Å². The molecule has 5 rings (SSSR count). The normalized spacial score (nSPS) is 25.7. The lowest BCUT2D eigenvalue weighted by atomic mass is 9.79. The first-order valence-electron chi connectivity index (χ1n) is 12.6. The van der Waals surface area contributed by atoms with E-state index in [0.29, 0.717) is 31.6 Å². The lowest BCUT2D eigenvalue weighted by Gasteiger charge is -2.48. The molecule has 0 saturated carbocycles. The fraction of sp³-hybridized carbons (Fsp3) is 0.407. The molecule has 0 radical (unpaired) electrons. The number of carbonyl (C=O) groups is 1. The van der Waals surface area contributed by atoms with E-state index in [1.165, 1.54) is 0 Å². The Balaban J connectivity index is 1.52. The number of amides is 1. The van der Waals surface area contributed by atoms with Gasteiger partial charge in [-0.25, -0.2) is 18.2 Å². The fourth-order valence-electron chi connectivity index (χ4n) is 5.48. The van der Waals surface area contributed by atoms with Crippen molar-refractivity contribution in [3.63, 3.8) is 0 Å². The maximum Gasteiger partial charge on any atom is 0.274 e. The molecule has 2 aliphatic heterocycles. The molecule has 1 aromatic carbocycles. The predicted octanol–water partition coefficient (Wildman–Crippen LogP) is 3.28. The third-order valence-electron chi connectivity index (χ3n) is 7.90. The van der Waals surface area contributed by atoms with Crippen LogP contribution in [-0.2, 0) is 0 Å². The molecule has 11 heteroatoms. The van der Waals surface area contributed by atoms with Crippen LogP contribution < -0.4 is 11.1 Å². The van der Waals surface area contributed by atoms with E-state index in [-0.39, 0.29) is 18.2 Å². The molecule has 8 nitrogen and oxygen atoms in total.